The molecule has 2 aliphatic heterocycles. The summed E-state index contributed by atoms with van der Waals surface area (Å²) in [5, 5.41) is 0. The molecule has 5 aromatic carbocycles. The van der Waals surface area contributed by atoms with E-state index in [1.807, 2.05) is 0 Å². The fraction of sp³-hybridized carbons (Fsp3) is 0.388. The Morgan fingerprint density at radius 1 is 0.510 bits per heavy atom. The highest BCUT2D eigenvalue weighted by Crippen LogP contribution is 2.70. The first-order valence-electron chi connectivity index (χ1n) is 19.1. The van der Waals surface area contributed by atoms with E-state index < -0.39 is 10.9 Å². The lowest BCUT2D eigenvalue weighted by Crippen LogP contribution is -2.34. The maximum absolute atomic E-state index is 2.68. The molecule has 2 heterocycles. The summed E-state index contributed by atoms with van der Waals surface area (Å²) in [6.07, 6.45) is 2.39. The van der Waals surface area contributed by atoms with E-state index in [9.17, 15) is 0 Å². The molecule has 1 nitrogen and oxygen atoms in total. The zero-order valence-corrected chi connectivity index (χ0v) is 33.9. The molecule has 0 fully saturated rings. The normalized spacial score (nSPS) is 20.2. The quantitative estimate of drug-likeness (QED) is 0.177. The summed E-state index contributed by atoms with van der Waals surface area (Å²) in [5.74, 6) is 0. The van der Waals surface area contributed by atoms with Gasteiger partial charge in [0.2, 0.25) is 0 Å². The number of hydrogen-bond acceptors (Lipinski definition) is 1. The third kappa shape index (κ3) is 5.26. The molecule has 3 aliphatic rings. The average Bonchev–Trinajstić information content (AvgIpc) is 3.07. The molecule has 0 aromatic heterocycles. The van der Waals surface area contributed by atoms with Crippen molar-refractivity contribution in [1.82, 2.24) is 0 Å². The summed E-state index contributed by atoms with van der Waals surface area (Å²) < 4.78 is 0. The molecule has 0 saturated carbocycles. The average molecular weight is 692 g/mol. The molecule has 5 aromatic rings. The molecule has 1 atom stereocenters. The molecule has 0 N–H and O–H groups in total. The van der Waals surface area contributed by atoms with Crippen LogP contribution in [0.3, 0.4) is 0 Å². The Kier molecular flexibility index (Phi) is 7.49. The van der Waals surface area contributed by atoms with Crippen LogP contribution in [0, 0.1) is 0 Å². The molecule has 51 heavy (non-hydrogen) atoms. The lowest BCUT2D eigenvalue weighted by atomic mass is 9.62. The Labute approximate surface area is 310 Å². The number of hydrogen-bond donors (Lipinski definition) is 1. The lowest BCUT2D eigenvalue weighted by molar-refractivity contribution is 0.332. The van der Waals surface area contributed by atoms with Gasteiger partial charge in [0.1, 0.15) is 0 Å². The van der Waals surface area contributed by atoms with Gasteiger partial charge in [-0.2, -0.15) is 10.9 Å². The Bertz CT molecular complexity index is 2200. The second-order valence-corrected chi connectivity index (χ2v) is 21.5. The van der Waals surface area contributed by atoms with Crippen LogP contribution in [0.25, 0.3) is 11.1 Å². The van der Waals surface area contributed by atoms with Gasteiger partial charge in [-0.3, -0.25) is 0 Å². The van der Waals surface area contributed by atoms with Gasteiger partial charge in [-0.15, -0.1) is 0 Å². The molecule has 8 rings (SSSR count). The molecule has 264 valence electrons. The molecular formula is C49H57NS. The first kappa shape index (κ1) is 34.3. The summed E-state index contributed by atoms with van der Waals surface area (Å²) >= 11 is 0. The van der Waals surface area contributed by atoms with Gasteiger partial charge in [0.15, 0.2) is 0 Å². The number of rotatable bonds is 2. The molecular weight excluding hydrogens is 635 g/mol. The summed E-state index contributed by atoms with van der Waals surface area (Å²) in [4.78, 5) is 7.22. The topological polar surface area (TPSA) is 3.24 Å². The monoisotopic (exact) mass is 691 g/mol. The van der Waals surface area contributed by atoms with Crippen LogP contribution in [0.1, 0.15) is 129 Å². The third-order valence-corrected chi connectivity index (χ3v) is 15.2. The third-order valence-electron chi connectivity index (χ3n) is 12.5. The maximum Gasteiger partial charge on any atom is 0.0590 e. The minimum Gasteiger partial charge on any atom is -0.308 e. The van der Waals surface area contributed by atoms with Crippen LogP contribution < -0.4 is 4.90 Å². The zero-order valence-electron chi connectivity index (χ0n) is 33.0. The minimum atomic E-state index is -0.803. The Balaban J connectivity index is 1.50. The van der Waals surface area contributed by atoms with Crippen LogP contribution in [0.2, 0.25) is 0 Å². The largest absolute Gasteiger partial charge is 0.308 e. The fourth-order valence-electron chi connectivity index (χ4n) is 9.06. The molecule has 0 amide bonds. The summed E-state index contributed by atoms with van der Waals surface area (Å²) in [5.41, 5.74) is 15.5. The van der Waals surface area contributed by atoms with Gasteiger partial charge in [0.25, 0.3) is 0 Å². The molecule has 0 bridgehead atoms. The van der Waals surface area contributed by atoms with Gasteiger partial charge >= 0.3 is 0 Å². The molecule has 1 aliphatic carbocycles. The number of thiol groups is 1. The predicted octanol–water partition coefficient (Wildman–Crippen LogP) is 14.2. The van der Waals surface area contributed by atoms with E-state index in [2.05, 4.69) is 185 Å². The fourth-order valence-corrected chi connectivity index (χ4v) is 12.3. The highest BCUT2D eigenvalue weighted by atomic mass is 32.2. The van der Waals surface area contributed by atoms with Crippen molar-refractivity contribution < 1.29 is 0 Å². The van der Waals surface area contributed by atoms with Crippen LogP contribution in [0.15, 0.2) is 112 Å². The van der Waals surface area contributed by atoms with Gasteiger partial charge in [-0.25, -0.2) is 0 Å². The van der Waals surface area contributed by atoms with Crippen molar-refractivity contribution in [2.24, 2.45) is 0 Å². The summed E-state index contributed by atoms with van der Waals surface area (Å²) in [7, 11) is -0.803. The second-order valence-electron chi connectivity index (χ2n) is 19.5. The van der Waals surface area contributed by atoms with Crippen LogP contribution in [0.4, 0.5) is 17.1 Å². The van der Waals surface area contributed by atoms with Gasteiger partial charge in [-0.05, 0) is 110 Å². The molecule has 0 radical (unpaired) electrons. The minimum absolute atomic E-state index is 0.0385. The molecule has 1 unspecified atom stereocenters. The highest BCUT2D eigenvalue weighted by molar-refractivity contribution is 8.17. The van der Waals surface area contributed by atoms with E-state index in [4.69, 9.17) is 0 Å². The first-order chi connectivity index (χ1) is 23.8. The second kappa shape index (κ2) is 11.1. The van der Waals surface area contributed by atoms with E-state index in [1.165, 1.54) is 89.1 Å². The van der Waals surface area contributed by atoms with Crippen LogP contribution in [0.5, 0.6) is 0 Å². The van der Waals surface area contributed by atoms with Crippen molar-refractivity contribution >= 4 is 28.0 Å². The van der Waals surface area contributed by atoms with Gasteiger partial charge in [0.05, 0.1) is 17.1 Å². The lowest BCUT2D eigenvalue weighted by Gasteiger charge is -2.49. The Hall–Kier alpha value is -3.75. The maximum atomic E-state index is 2.68. The smallest absolute Gasteiger partial charge is 0.0590 e. The number of fused-ring (bicyclic) bond motifs is 5. The number of benzene rings is 5. The highest BCUT2D eigenvalue weighted by Gasteiger charge is 2.45. The van der Waals surface area contributed by atoms with Crippen LogP contribution in [-0.4, -0.2) is 0 Å². The van der Waals surface area contributed by atoms with Crippen molar-refractivity contribution in [3.05, 3.63) is 130 Å². The zero-order chi connectivity index (χ0) is 36.5. The Morgan fingerprint density at radius 3 is 1.73 bits per heavy atom. The van der Waals surface area contributed by atoms with Crippen molar-refractivity contribution in [2.75, 3.05) is 4.90 Å². The molecule has 2 heteroatoms. The van der Waals surface area contributed by atoms with Gasteiger partial charge < -0.3 is 4.90 Å². The molecule has 0 saturated heterocycles. The van der Waals surface area contributed by atoms with Crippen molar-refractivity contribution in [2.45, 2.75) is 138 Å². The van der Waals surface area contributed by atoms with Crippen molar-refractivity contribution in [1.29, 1.82) is 0 Å². The number of nitrogens with zero attached hydrogens (tertiary/aromatic N) is 1. The molecule has 0 spiro atoms. The predicted molar refractivity (Wildman–Crippen MR) is 222 cm³/mol. The first-order valence-corrected chi connectivity index (χ1v) is 20.4. The van der Waals surface area contributed by atoms with Crippen molar-refractivity contribution in [3.8, 4) is 11.1 Å². The standard InChI is InChI=1S/C49H57NS/c1-45(2,3)32-21-23-35-42(27-32)51-43-28-33(46(4,5)6)22-24-39(43)50(40-20-16-19-36(44(40)51)49(35,11)12)41-30-38-37(47(7,8)25-26-48(38,9)10)29-34(41)31-17-14-13-15-18-31/h13-24,27-30,51H,25-26H2,1-12H3. The van der Waals surface area contributed by atoms with E-state index in [0.717, 1.165) is 0 Å². The summed E-state index contributed by atoms with van der Waals surface area (Å²) in [6.45, 7) is 28.9. The van der Waals surface area contributed by atoms with Crippen LogP contribution >= 0.6 is 10.9 Å². The van der Waals surface area contributed by atoms with E-state index in [-0.39, 0.29) is 27.1 Å². The van der Waals surface area contributed by atoms with E-state index in [0.29, 0.717) is 0 Å². The number of anilines is 3. The van der Waals surface area contributed by atoms with Gasteiger partial charge in [-0.1, -0.05) is 144 Å². The van der Waals surface area contributed by atoms with Gasteiger partial charge in [0, 0.05) is 25.7 Å². The van der Waals surface area contributed by atoms with Crippen LogP contribution in [-0.2, 0) is 27.1 Å². The van der Waals surface area contributed by atoms with Crippen molar-refractivity contribution in [3.63, 3.8) is 0 Å². The van der Waals surface area contributed by atoms with E-state index in [1.54, 1.807) is 0 Å². The SMILES string of the molecule is CC(C)(C)c1ccc2c(c1)[SH]1c3cc(C(C)(C)C)ccc3C(C)(C)c3cccc(c31)N2c1cc2c(cc1-c1ccccc1)C(C)(C)CCC2(C)C. The Morgan fingerprint density at radius 2 is 1.10 bits per heavy atom. The van der Waals surface area contributed by atoms with E-state index >= 15 is 0 Å². The summed E-state index contributed by atoms with van der Waals surface area (Å²) in [6, 6.07) is 38.4.